The molecule has 0 spiro atoms. The van der Waals surface area contributed by atoms with E-state index in [4.69, 9.17) is 5.73 Å². The van der Waals surface area contributed by atoms with Gasteiger partial charge in [-0.15, -0.1) is 0 Å². The van der Waals surface area contributed by atoms with E-state index < -0.39 is 16.8 Å². The van der Waals surface area contributed by atoms with Crippen LogP contribution in [0.2, 0.25) is 0 Å². The number of nitrogens with two attached hydrogens (primary N) is 1. The average molecular weight is 324 g/mol. The van der Waals surface area contributed by atoms with Gasteiger partial charge in [0.2, 0.25) is 5.95 Å². The molecule has 4 rings (SSSR count). The van der Waals surface area contributed by atoms with E-state index in [1.54, 1.807) is 6.07 Å². The number of aliphatic imine (C=N–C) groups is 1. The predicted molar refractivity (Wildman–Crippen MR) is 87.9 cm³/mol. The zero-order valence-corrected chi connectivity index (χ0v) is 12.2. The lowest BCUT2D eigenvalue weighted by Crippen LogP contribution is -2.31. The minimum Gasteiger partial charge on any atom is -0.502 e. The second kappa shape index (κ2) is 4.95. The number of para-hydroxylation sites is 2. The number of nitro benzene ring substituents is 1. The number of hydrogen-bond acceptors (Lipinski definition) is 7. The lowest BCUT2D eigenvalue weighted by Gasteiger charge is -2.23. The Hall–Kier alpha value is -3.62. The van der Waals surface area contributed by atoms with Gasteiger partial charge in [-0.2, -0.15) is 0 Å². The molecule has 1 unspecified atom stereocenters. The molecular weight excluding hydrogens is 312 g/mol. The number of imidazole rings is 1. The van der Waals surface area contributed by atoms with Crippen LogP contribution in [0.25, 0.3) is 11.0 Å². The fraction of sp³-hybridized carbons (Fsp3) is 0.0667. The minimum absolute atomic E-state index is 0.165. The van der Waals surface area contributed by atoms with Gasteiger partial charge in [0.25, 0.3) is 0 Å². The summed E-state index contributed by atoms with van der Waals surface area (Å²) >= 11 is 0. The molecule has 0 saturated carbocycles. The van der Waals surface area contributed by atoms with E-state index in [1.165, 1.54) is 12.1 Å². The molecule has 0 aliphatic carbocycles. The second-order valence-electron chi connectivity index (χ2n) is 5.31. The zero-order valence-electron chi connectivity index (χ0n) is 12.2. The normalized spacial score (nSPS) is 16.3. The molecule has 1 aromatic heterocycles. The molecule has 3 aromatic rings. The summed E-state index contributed by atoms with van der Waals surface area (Å²) in [4.78, 5) is 19.3. The summed E-state index contributed by atoms with van der Waals surface area (Å²) in [5.41, 5.74) is 7.54. The zero-order chi connectivity index (χ0) is 16.8. The number of fused-ring (bicyclic) bond motifs is 3. The van der Waals surface area contributed by atoms with Crippen molar-refractivity contribution in [3.8, 4) is 5.75 Å². The molecule has 0 radical (unpaired) electrons. The van der Waals surface area contributed by atoms with Crippen LogP contribution in [-0.2, 0) is 0 Å². The van der Waals surface area contributed by atoms with Crippen LogP contribution in [0.5, 0.6) is 5.75 Å². The van der Waals surface area contributed by atoms with Crippen molar-refractivity contribution in [1.82, 2.24) is 9.55 Å². The largest absolute Gasteiger partial charge is 0.502 e. The number of nitro groups is 1. The van der Waals surface area contributed by atoms with Crippen LogP contribution in [-0.4, -0.2) is 25.5 Å². The molecule has 24 heavy (non-hydrogen) atoms. The number of phenolic OH excluding ortho intramolecular Hbond substituents is 1. The first-order chi connectivity index (χ1) is 11.5. The van der Waals surface area contributed by atoms with Crippen molar-refractivity contribution in [2.24, 2.45) is 10.7 Å². The molecule has 9 nitrogen and oxygen atoms in total. The fourth-order valence-electron chi connectivity index (χ4n) is 2.79. The minimum atomic E-state index is -0.639. The van der Waals surface area contributed by atoms with Crippen LogP contribution in [0.3, 0.4) is 0 Å². The average Bonchev–Trinajstić information content (AvgIpc) is 2.92. The lowest BCUT2D eigenvalue weighted by molar-refractivity contribution is -0.385. The quantitative estimate of drug-likeness (QED) is 0.487. The maximum atomic E-state index is 11.1. The number of aromatic nitrogens is 2. The monoisotopic (exact) mass is 324 g/mol. The SMILES string of the molecule is NC1=NC(c2ccc(O)c([N+](=O)[O-])c2)n2c(nc3ccccc32)N1. The standard InChI is InChI=1S/C15H12N6O3/c16-14-18-13(8-5-6-12(22)11(7-8)21(23)24)20-10-4-2-1-3-9(10)17-15(20)19-14/h1-7,13,22H,(H3,16,17,18,19). The van der Waals surface area contributed by atoms with Gasteiger partial charge in [-0.3, -0.25) is 20.0 Å². The Balaban J connectivity index is 1.94. The third-order valence-corrected chi connectivity index (χ3v) is 3.84. The van der Waals surface area contributed by atoms with Gasteiger partial charge in [-0.05, 0) is 18.2 Å². The third kappa shape index (κ3) is 2.02. The first kappa shape index (κ1) is 14.0. The molecule has 2 aromatic carbocycles. The smallest absolute Gasteiger partial charge is 0.311 e. The van der Waals surface area contributed by atoms with E-state index >= 15 is 0 Å². The van der Waals surface area contributed by atoms with Crippen LogP contribution in [0.15, 0.2) is 47.5 Å². The highest BCUT2D eigenvalue weighted by Crippen LogP contribution is 2.35. The molecule has 4 N–H and O–H groups in total. The van der Waals surface area contributed by atoms with Crippen molar-refractivity contribution in [1.29, 1.82) is 0 Å². The number of nitrogens with one attached hydrogen (secondary N) is 1. The van der Waals surface area contributed by atoms with Crippen LogP contribution in [0.1, 0.15) is 11.7 Å². The molecule has 0 bridgehead atoms. The van der Waals surface area contributed by atoms with Crippen molar-refractivity contribution in [2.75, 3.05) is 5.32 Å². The molecule has 0 amide bonds. The van der Waals surface area contributed by atoms with Crippen molar-refractivity contribution in [3.63, 3.8) is 0 Å². The Kier molecular flexibility index (Phi) is 2.89. The molecule has 2 heterocycles. The summed E-state index contributed by atoms with van der Waals surface area (Å²) in [6, 6.07) is 11.6. The van der Waals surface area contributed by atoms with Crippen molar-refractivity contribution < 1.29 is 10.0 Å². The van der Waals surface area contributed by atoms with Crippen LogP contribution in [0.4, 0.5) is 11.6 Å². The first-order valence-corrected chi connectivity index (χ1v) is 7.09. The maximum Gasteiger partial charge on any atom is 0.311 e. The Bertz CT molecular complexity index is 1010. The summed E-state index contributed by atoms with van der Waals surface area (Å²) in [6.07, 6.45) is -0.618. The number of aromatic hydroxyl groups is 1. The fourth-order valence-corrected chi connectivity index (χ4v) is 2.79. The number of benzene rings is 2. The highest BCUT2D eigenvalue weighted by Gasteiger charge is 2.27. The molecular formula is C15H12N6O3. The number of nitrogens with zero attached hydrogens (tertiary/aromatic N) is 4. The van der Waals surface area contributed by atoms with Gasteiger partial charge in [0.05, 0.1) is 16.0 Å². The van der Waals surface area contributed by atoms with Gasteiger partial charge < -0.3 is 10.8 Å². The Morgan fingerprint density at radius 3 is 2.88 bits per heavy atom. The summed E-state index contributed by atoms with van der Waals surface area (Å²) in [5.74, 6) is 0.272. The van der Waals surface area contributed by atoms with Gasteiger partial charge >= 0.3 is 5.69 Å². The highest BCUT2D eigenvalue weighted by atomic mass is 16.6. The summed E-state index contributed by atoms with van der Waals surface area (Å²) in [5, 5.41) is 23.6. The van der Waals surface area contributed by atoms with Crippen LogP contribution < -0.4 is 11.1 Å². The number of anilines is 1. The summed E-state index contributed by atoms with van der Waals surface area (Å²) in [6.45, 7) is 0. The van der Waals surface area contributed by atoms with Crippen LogP contribution in [0, 0.1) is 10.1 Å². The molecule has 120 valence electrons. The molecule has 0 fully saturated rings. The van der Waals surface area contributed by atoms with Gasteiger partial charge in [0.15, 0.2) is 17.9 Å². The Morgan fingerprint density at radius 1 is 1.29 bits per heavy atom. The molecule has 0 saturated heterocycles. The van der Waals surface area contributed by atoms with E-state index in [0.717, 1.165) is 11.0 Å². The van der Waals surface area contributed by atoms with E-state index in [1.807, 2.05) is 28.8 Å². The lowest BCUT2D eigenvalue weighted by atomic mass is 10.1. The Labute approximate surface area is 135 Å². The van der Waals surface area contributed by atoms with Gasteiger partial charge in [-0.1, -0.05) is 18.2 Å². The molecule has 1 aliphatic rings. The van der Waals surface area contributed by atoms with E-state index in [2.05, 4.69) is 15.3 Å². The maximum absolute atomic E-state index is 11.1. The first-order valence-electron chi connectivity index (χ1n) is 7.09. The summed E-state index contributed by atoms with van der Waals surface area (Å²) in [7, 11) is 0. The van der Waals surface area contributed by atoms with E-state index in [0.29, 0.717) is 11.5 Å². The third-order valence-electron chi connectivity index (χ3n) is 3.84. The topological polar surface area (TPSA) is 132 Å². The number of hydrogen-bond donors (Lipinski definition) is 3. The van der Waals surface area contributed by atoms with Gasteiger partial charge in [0.1, 0.15) is 0 Å². The van der Waals surface area contributed by atoms with Crippen molar-refractivity contribution in [3.05, 3.63) is 58.1 Å². The molecule has 1 aliphatic heterocycles. The number of rotatable bonds is 2. The molecule has 9 heteroatoms. The molecule has 1 atom stereocenters. The number of guanidine groups is 1. The number of phenols is 1. The van der Waals surface area contributed by atoms with Gasteiger partial charge in [-0.25, -0.2) is 9.98 Å². The highest BCUT2D eigenvalue weighted by molar-refractivity contribution is 5.94. The predicted octanol–water partition coefficient (Wildman–Crippen LogP) is 1.94. The van der Waals surface area contributed by atoms with E-state index in [-0.39, 0.29) is 11.6 Å². The van der Waals surface area contributed by atoms with Crippen LogP contribution >= 0.6 is 0 Å². The second-order valence-corrected chi connectivity index (χ2v) is 5.31. The Morgan fingerprint density at radius 2 is 2.08 bits per heavy atom. The van der Waals surface area contributed by atoms with Crippen molar-refractivity contribution in [2.45, 2.75) is 6.17 Å². The van der Waals surface area contributed by atoms with Gasteiger partial charge in [0, 0.05) is 11.6 Å². The summed E-state index contributed by atoms with van der Waals surface area (Å²) < 4.78 is 1.81. The van der Waals surface area contributed by atoms with E-state index in [9.17, 15) is 15.2 Å². The van der Waals surface area contributed by atoms with Crippen molar-refractivity contribution >= 4 is 28.6 Å².